The molecule has 0 radical (unpaired) electrons. The van der Waals surface area contributed by atoms with Crippen LogP contribution in [0, 0.1) is 5.82 Å². The van der Waals surface area contributed by atoms with Crippen molar-refractivity contribution in [2.24, 2.45) is 0 Å². The molecular formula is C11H15FN2O3S. The van der Waals surface area contributed by atoms with Gasteiger partial charge in [-0.05, 0) is 24.6 Å². The third-order valence-electron chi connectivity index (χ3n) is 2.06. The first kappa shape index (κ1) is 14.4. The molecule has 0 bridgehead atoms. The molecule has 1 amide bonds. The standard InChI is InChI=1S/C11H15FN2O3S/c1-3-6-13-11(15)9-7-8(12)4-5-10(9)14-18(2,16)17/h4-5,7,14H,3,6H2,1-2H3,(H,13,15). The average molecular weight is 274 g/mol. The first-order chi connectivity index (χ1) is 8.33. The van der Waals surface area contributed by atoms with E-state index >= 15 is 0 Å². The summed E-state index contributed by atoms with van der Waals surface area (Å²) >= 11 is 0. The molecule has 0 unspecified atom stereocenters. The number of nitrogens with one attached hydrogen (secondary N) is 2. The van der Waals surface area contributed by atoms with Crippen molar-refractivity contribution in [3.63, 3.8) is 0 Å². The van der Waals surface area contributed by atoms with Crippen molar-refractivity contribution in [1.29, 1.82) is 0 Å². The van der Waals surface area contributed by atoms with Crippen molar-refractivity contribution in [2.75, 3.05) is 17.5 Å². The van der Waals surface area contributed by atoms with Gasteiger partial charge in [0.1, 0.15) is 5.82 Å². The lowest BCUT2D eigenvalue weighted by atomic mass is 10.1. The predicted octanol–water partition coefficient (Wildman–Crippen LogP) is 1.34. The summed E-state index contributed by atoms with van der Waals surface area (Å²) in [5.74, 6) is -1.11. The Kier molecular flexibility index (Phi) is 4.66. The summed E-state index contributed by atoms with van der Waals surface area (Å²) < 4.78 is 37.6. The Morgan fingerprint density at radius 1 is 1.39 bits per heavy atom. The highest BCUT2D eigenvalue weighted by atomic mass is 32.2. The van der Waals surface area contributed by atoms with Crippen molar-refractivity contribution in [3.8, 4) is 0 Å². The smallest absolute Gasteiger partial charge is 0.253 e. The molecule has 1 aromatic carbocycles. The molecule has 7 heteroatoms. The van der Waals surface area contributed by atoms with Crippen LogP contribution in [0.3, 0.4) is 0 Å². The second kappa shape index (κ2) is 5.81. The fourth-order valence-electron chi connectivity index (χ4n) is 1.33. The maximum atomic E-state index is 13.1. The van der Waals surface area contributed by atoms with E-state index in [2.05, 4.69) is 10.0 Å². The molecule has 0 fully saturated rings. The Morgan fingerprint density at radius 2 is 2.06 bits per heavy atom. The SMILES string of the molecule is CCCNC(=O)c1cc(F)ccc1NS(C)(=O)=O. The van der Waals surface area contributed by atoms with Crippen molar-refractivity contribution >= 4 is 21.6 Å². The second-order valence-electron chi connectivity index (χ2n) is 3.82. The Bertz CT molecular complexity index is 543. The lowest BCUT2D eigenvalue weighted by molar-refractivity contribution is 0.0954. The van der Waals surface area contributed by atoms with Gasteiger partial charge in [0.05, 0.1) is 17.5 Å². The number of hydrogen-bond donors (Lipinski definition) is 2. The number of carbonyl (C=O) groups is 1. The van der Waals surface area contributed by atoms with E-state index in [4.69, 9.17) is 0 Å². The Labute approximate surface area is 105 Å². The summed E-state index contributed by atoms with van der Waals surface area (Å²) in [6.45, 7) is 2.31. The number of benzene rings is 1. The molecule has 0 aliphatic carbocycles. The van der Waals surface area contributed by atoms with Crippen molar-refractivity contribution in [3.05, 3.63) is 29.6 Å². The van der Waals surface area contributed by atoms with E-state index in [0.717, 1.165) is 24.8 Å². The lowest BCUT2D eigenvalue weighted by Crippen LogP contribution is -2.25. The van der Waals surface area contributed by atoms with Crippen LogP contribution >= 0.6 is 0 Å². The zero-order valence-corrected chi connectivity index (χ0v) is 11.0. The molecule has 0 spiro atoms. The van der Waals surface area contributed by atoms with Crippen molar-refractivity contribution < 1.29 is 17.6 Å². The van der Waals surface area contributed by atoms with Gasteiger partial charge in [0.25, 0.3) is 5.91 Å². The van der Waals surface area contributed by atoms with Crippen LogP contribution < -0.4 is 10.0 Å². The van der Waals surface area contributed by atoms with Gasteiger partial charge in [-0.2, -0.15) is 0 Å². The average Bonchev–Trinajstić information content (AvgIpc) is 2.26. The molecule has 0 aliphatic heterocycles. The van der Waals surface area contributed by atoms with Gasteiger partial charge in [-0.15, -0.1) is 0 Å². The molecule has 0 aromatic heterocycles. The lowest BCUT2D eigenvalue weighted by Gasteiger charge is -2.10. The van der Waals surface area contributed by atoms with E-state index in [1.807, 2.05) is 6.92 Å². The number of anilines is 1. The highest BCUT2D eigenvalue weighted by Gasteiger charge is 2.14. The van der Waals surface area contributed by atoms with Gasteiger partial charge in [0, 0.05) is 6.54 Å². The van der Waals surface area contributed by atoms with E-state index in [1.54, 1.807) is 0 Å². The molecule has 0 heterocycles. The van der Waals surface area contributed by atoms with Crippen LogP contribution in [-0.4, -0.2) is 27.1 Å². The van der Waals surface area contributed by atoms with Gasteiger partial charge in [-0.1, -0.05) is 6.92 Å². The summed E-state index contributed by atoms with van der Waals surface area (Å²) in [6, 6.07) is 3.31. The molecule has 0 atom stereocenters. The highest BCUT2D eigenvalue weighted by Crippen LogP contribution is 2.18. The Morgan fingerprint density at radius 3 is 2.61 bits per heavy atom. The summed E-state index contributed by atoms with van der Waals surface area (Å²) in [7, 11) is -3.52. The van der Waals surface area contributed by atoms with Gasteiger partial charge < -0.3 is 5.32 Å². The van der Waals surface area contributed by atoms with E-state index in [-0.39, 0.29) is 11.3 Å². The third kappa shape index (κ3) is 4.33. The number of rotatable bonds is 5. The van der Waals surface area contributed by atoms with Gasteiger partial charge >= 0.3 is 0 Å². The number of halogens is 1. The fourth-order valence-corrected chi connectivity index (χ4v) is 1.90. The number of carbonyl (C=O) groups excluding carboxylic acids is 1. The largest absolute Gasteiger partial charge is 0.352 e. The van der Waals surface area contributed by atoms with Crippen molar-refractivity contribution in [2.45, 2.75) is 13.3 Å². The van der Waals surface area contributed by atoms with Crippen LogP contribution in [0.5, 0.6) is 0 Å². The monoisotopic (exact) mass is 274 g/mol. The third-order valence-corrected chi connectivity index (χ3v) is 2.65. The maximum Gasteiger partial charge on any atom is 0.253 e. The van der Waals surface area contributed by atoms with Crippen molar-refractivity contribution in [1.82, 2.24) is 5.32 Å². The maximum absolute atomic E-state index is 13.1. The molecular weight excluding hydrogens is 259 g/mol. The molecule has 0 aliphatic rings. The Balaban J connectivity index is 3.07. The summed E-state index contributed by atoms with van der Waals surface area (Å²) in [6.07, 6.45) is 1.69. The normalized spacial score (nSPS) is 11.1. The summed E-state index contributed by atoms with van der Waals surface area (Å²) in [4.78, 5) is 11.7. The summed E-state index contributed by atoms with van der Waals surface area (Å²) in [5, 5.41) is 2.56. The van der Waals surface area contributed by atoms with Crippen LogP contribution in [-0.2, 0) is 10.0 Å². The number of amides is 1. The number of sulfonamides is 1. The molecule has 2 N–H and O–H groups in total. The summed E-state index contributed by atoms with van der Waals surface area (Å²) in [5.41, 5.74) is 0.0291. The van der Waals surface area contributed by atoms with Crippen LogP contribution in [0.4, 0.5) is 10.1 Å². The minimum Gasteiger partial charge on any atom is -0.352 e. The molecule has 1 rings (SSSR count). The van der Waals surface area contributed by atoms with E-state index in [0.29, 0.717) is 6.54 Å². The van der Waals surface area contributed by atoms with Gasteiger partial charge in [-0.25, -0.2) is 12.8 Å². The molecule has 0 saturated carbocycles. The molecule has 0 saturated heterocycles. The van der Waals surface area contributed by atoms with E-state index in [9.17, 15) is 17.6 Å². The molecule has 100 valence electrons. The van der Waals surface area contributed by atoms with Crippen LogP contribution in [0.1, 0.15) is 23.7 Å². The first-order valence-corrected chi connectivity index (χ1v) is 7.28. The fraction of sp³-hybridized carbons (Fsp3) is 0.364. The first-order valence-electron chi connectivity index (χ1n) is 5.39. The van der Waals surface area contributed by atoms with Crippen LogP contribution in [0.25, 0.3) is 0 Å². The quantitative estimate of drug-likeness (QED) is 0.850. The number of hydrogen-bond acceptors (Lipinski definition) is 3. The highest BCUT2D eigenvalue weighted by molar-refractivity contribution is 7.92. The van der Waals surface area contributed by atoms with Crippen LogP contribution in [0.2, 0.25) is 0 Å². The molecule has 18 heavy (non-hydrogen) atoms. The minimum atomic E-state index is -3.52. The van der Waals surface area contributed by atoms with E-state index in [1.165, 1.54) is 6.07 Å². The topological polar surface area (TPSA) is 75.3 Å². The predicted molar refractivity (Wildman–Crippen MR) is 67.5 cm³/mol. The second-order valence-corrected chi connectivity index (χ2v) is 5.57. The van der Waals surface area contributed by atoms with Gasteiger partial charge in [0.2, 0.25) is 10.0 Å². The zero-order valence-electron chi connectivity index (χ0n) is 10.2. The van der Waals surface area contributed by atoms with Gasteiger partial charge in [0.15, 0.2) is 0 Å². The molecule has 1 aromatic rings. The van der Waals surface area contributed by atoms with Gasteiger partial charge in [-0.3, -0.25) is 9.52 Å². The van der Waals surface area contributed by atoms with Crippen LogP contribution in [0.15, 0.2) is 18.2 Å². The Hall–Kier alpha value is -1.63. The zero-order chi connectivity index (χ0) is 13.8. The minimum absolute atomic E-state index is 0.0334. The van der Waals surface area contributed by atoms with E-state index < -0.39 is 21.7 Å². The molecule has 5 nitrogen and oxygen atoms in total.